The smallest absolute Gasteiger partial charge is 0.387 e. The lowest BCUT2D eigenvalue weighted by atomic mass is 10.1. The highest BCUT2D eigenvalue weighted by Gasteiger charge is 2.45. The second-order valence-corrected chi connectivity index (χ2v) is 7.62. The molecule has 1 aromatic rings. The number of phosphoric ester groups is 1. The molecule has 23 heavy (non-hydrogen) atoms. The van der Waals surface area contributed by atoms with Gasteiger partial charge in [-0.15, -0.1) is 0 Å². The van der Waals surface area contributed by atoms with Crippen LogP contribution in [-0.4, -0.2) is 54.5 Å². The van der Waals surface area contributed by atoms with E-state index in [1.165, 1.54) is 0 Å². The number of H-pyrrole nitrogens is 1. The molecule has 4 atom stereocenters. The summed E-state index contributed by atoms with van der Waals surface area (Å²) in [7, 11) is -4.79. The lowest BCUT2D eigenvalue weighted by Gasteiger charge is -2.19. The van der Waals surface area contributed by atoms with Crippen molar-refractivity contribution in [3.63, 3.8) is 0 Å². The largest absolute Gasteiger partial charge is 0.469 e. The van der Waals surface area contributed by atoms with Gasteiger partial charge in [0.15, 0.2) is 6.23 Å². The van der Waals surface area contributed by atoms with Crippen molar-refractivity contribution in [2.24, 2.45) is 0 Å². The Bertz CT molecular complexity index is 760. The summed E-state index contributed by atoms with van der Waals surface area (Å²) in [4.78, 5) is 42.7. The van der Waals surface area contributed by atoms with Crippen molar-refractivity contribution in [2.45, 2.75) is 24.5 Å². The summed E-state index contributed by atoms with van der Waals surface area (Å²) in [6, 6.07) is 0. The van der Waals surface area contributed by atoms with Crippen molar-refractivity contribution in [1.82, 2.24) is 9.55 Å². The molecule has 1 fully saturated rings. The highest BCUT2D eigenvalue weighted by Crippen LogP contribution is 2.38. The summed E-state index contributed by atoms with van der Waals surface area (Å²) < 4.78 is 21.2. The number of nitrogens with zero attached hydrogens (tertiary/aromatic N) is 1. The van der Waals surface area contributed by atoms with Crippen LogP contribution in [0.15, 0.2) is 14.1 Å². The zero-order valence-electron chi connectivity index (χ0n) is 11.0. The summed E-state index contributed by atoms with van der Waals surface area (Å²) in [6.07, 6.45) is -5.79. The molecule has 2 rings (SSSR count). The molecule has 0 aromatic carbocycles. The fraction of sp³-hybridized carbons (Fsp3) is 0.556. The van der Waals surface area contributed by atoms with E-state index in [0.717, 1.165) is 4.57 Å². The van der Waals surface area contributed by atoms with Crippen LogP contribution in [0.4, 0.5) is 0 Å². The van der Waals surface area contributed by atoms with Crippen LogP contribution in [0.25, 0.3) is 0 Å². The van der Waals surface area contributed by atoms with E-state index in [-0.39, 0.29) is 8.17 Å². The summed E-state index contributed by atoms with van der Waals surface area (Å²) in [5.74, 6) is 0. The average molecular weight is 529 g/mol. The number of nitrogens with one attached hydrogen (secondary N) is 1. The van der Waals surface area contributed by atoms with Gasteiger partial charge in [-0.05, 0) is 38.5 Å². The lowest BCUT2D eigenvalue weighted by Crippen LogP contribution is -2.40. The SMILES string of the molecule is O=c1[nH]c(=O)n([C@@H]2O[C@H](COP(=O)(O)O)[C@@H](O)[C@H]2O)c(I)c1Br. The number of halogens is 2. The molecule has 1 saturated heterocycles. The third-order valence-corrected chi connectivity index (χ3v) is 6.05. The quantitative estimate of drug-likeness (QED) is 0.180. The van der Waals surface area contributed by atoms with Gasteiger partial charge in [0.1, 0.15) is 26.5 Å². The van der Waals surface area contributed by atoms with Gasteiger partial charge in [0.25, 0.3) is 5.56 Å². The Kier molecular flexibility index (Phi) is 5.86. The second kappa shape index (κ2) is 7.01. The molecule has 0 bridgehead atoms. The number of hydrogen-bond acceptors (Lipinski definition) is 7. The molecule has 14 heteroatoms. The van der Waals surface area contributed by atoms with E-state index in [0.29, 0.717) is 0 Å². The zero-order valence-corrected chi connectivity index (χ0v) is 15.6. The number of hydrogen-bond donors (Lipinski definition) is 5. The molecular formula is C9H11BrIN2O9P. The fourth-order valence-electron chi connectivity index (χ4n) is 1.98. The Morgan fingerprint density at radius 2 is 1.96 bits per heavy atom. The van der Waals surface area contributed by atoms with E-state index in [1.807, 2.05) is 4.98 Å². The molecule has 0 radical (unpaired) electrons. The Morgan fingerprint density at radius 3 is 2.52 bits per heavy atom. The van der Waals surface area contributed by atoms with Crippen LogP contribution in [0.2, 0.25) is 0 Å². The minimum absolute atomic E-state index is 0.0258. The molecule has 0 amide bonds. The number of ether oxygens (including phenoxy) is 1. The van der Waals surface area contributed by atoms with Crippen molar-refractivity contribution in [3.8, 4) is 0 Å². The molecule has 0 spiro atoms. The predicted octanol–water partition coefficient (Wildman–Crippen LogP) is -1.37. The topological polar surface area (TPSA) is 171 Å². The molecule has 1 aliphatic heterocycles. The Labute approximate surface area is 149 Å². The first-order valence-electron chi connectivity index (χ1n) is 5.94. The van der Waals surface area contributed by atoms with Crippen LogP contribution in [0.1, 0.15) is 6.23 Å². The number of aliphatic hydroxyl groups is 2. The van der Waals surface area contributed by atoms with Crippen LogP contribution in [0.3, 0.4) is 0 Å². The third kappa shape index (κ3) is 4.11. The number of phosphoric acid groups is 1. The molecule has 1 aliphatic rings. The van der Waals surface area contributed by atoms with Crippen LogP contribution in [-0.2, 0) is 13.8 Å². The Hall–Kier alpha value is -0.120. The van der Waals surface area contributed by atoms with Gasteiger partial charge in [-0.25, -0.2) is 9.36 Å². The van der Waals surface area contributed by atoms with Gasteiger partial charge in [0, 0.05) is 0 Å². The van der Waals surface area contributed by atoms with E-state index in [4.69, 9.17) is 14.5 Å². The maximum Gasteiger partial charge on any atom is 0.469 e. The number of aromatic nitrogens is 2. The number of rotatable bonds is 4. The summed E-state index contributed by atoms with van der Waals surface area (Å²) in [5.41, 5.74) is -1.56. The molecule has 0 aliphatic carbocycles. The van der Waals surface area contributed by atoms with Gasteiger partial charge in [0.05, 0.1) is 6.61 Å². The molecular weight excluding hydrogens is 518 g/mol. The average Bonchev–Trinajstić information content (AvgIpc) is 2.70. The molecule has 1 aromatic heterocycles. The minimum atomic E-state index is -4.79. The van der Waals surface area contributed by atoms with E-state index in [9.17, 15) is 24.4 Å². The first kappa shape index (κ1) is 19.2. The fourth-order valence-corrected chi connectivity index (χ4v) is 3.35. The van der Waals surface area contributed by atoms with Crippen LogP contribution in [0, 0.1) is 3.70 Å². The summed E-state index contributed by atoms with van der Waals surface area (Å²) in [5, 5.41) is 19.9. The normalized spacial score (nSPS) is 28.3. The van der Waals surface area contributed by atoms with Gasteiger partial charge in [-0.2, -0.15) is 0 Å². The Morgan fingerprint density at radius 1 is 1.35 bits per heavy atom. The molecule has 0 saturated carbocycles. The van der Waals surface area contributed by atoms with Crippen molar-refractivity contribution in [2.75, 3.05) is 6.61 Å². The Balaban J connectivity index is 2.32. The van der Waals surface area contributed by atoms with Crippen LogP contribution >= 0.6 is 46.3 Å². The van der Waals surface area contributed by atoms with Crippen molar-refractivity contribution >= 4 is 46.3 Å². The van der Waals surface area contributed by atoms with Gasteiger partial charge >= 0.3 is 13.5 Å². The highest BCUT2D eigenvalue weighted by atomic mass is 127. The molecule has 130 valence electrons. The summed E-state index contributed by atoms with van der Waals surface area (Å²) >= 11 is 4.65. The standard InChI is InChI=1S/C9H11BrIN2O9P/c10-3-6(11)13(9(17)12-7(3)16)8-5(15)4(14)2(22-8)1-21-23(18,19)20/h2,4-5,8,14-15H,1H2,(H,12,16,17)(H2,18,19,20)/t2-,4-,5-,8-/m1/s1. The first-order valence-corrected chi connectivity index (χ1v) is 9.34. The highest BCUT2D eigenvalue weighted by molar-refractivity contribution is 14.1. The van der Waals surface area contributed by atoms with Crippen molar-refractivity contribution in [3.05, 3.63) is 29.0 Å². The number of aromatic amines is 1. The molecule has 2 heterocycles. The summed E-state index contributed by atoms with van der Waals surface area (Å²) in [6.45, 7) is -0.700. The molecule has 5 N–H and O–H groups in total. The van der Waals surface area contributed by atoms with Crippen molar-refractivity contribution < 1.29 is 33.8 Å². The first-order chi connectivity index (χ1) is 10.5. The van der Waals surface area contributed by atoms with E-state index in [1.54, 1.807) is 22.6 Å². The molecule has 11 nitrogen and oxygen atoms in total. The monoisotopic (exact) mass is 528 g/mol. The van der Waals surface area contributed by atoms with Crippen LogP contribution in [0.5, 0.6) is 0 Å². The van der Waals surface area contributed by atoms with Gasteiger partial charge in [-0.1, -0.05) is 0 Å². The number of aliphatic hydroxyl groups excluding tert-OH is 2. The maximum absolute atomic E-state index is 11.9. The van der Waals surface area contributed by atoms with Gasteiger partial charge < -0.3 is 24.7 Å². The lowest BCUT2D eigenvalue weighted by molar-refractivity contribution is -0.0556. The minimum Gasteiger partial charge on any atom is -0.387 e. The molecule has 0 unspecified atom stereocenters. The predicted molar refractivity (Wildman–Crippen MR) is 85.7 cm³/mol. The van der Waals surface area contributed by atoms with Gasteiger partial charge in [0.2, 0.25) is 0 Å². The van der Waals surface area contributed by atoms with E-state index >= 15 is 0 Å². The maximum atomic E-state index is 11.9. The third-order valence-electron chi connectivity index (χ3n) is 3.03. The van der Waals surface area contributed by atoms with E-state index < -0.39 is 50.2 Å². The van der Waals surface area contributed by atoms with Gasteiger partial charge in [-0.3, -0.25) is 18.9 Å². The second-order valence-electron chi connectivity index (χ2n) is 4.57. The van der Waals surface area contributed by atoms with E-state index in [2.05, 4.69) is 20.5 Å². The zero-order chi connectivity index (χ0) is 17.5. The van der Waals surface area contributed by atoms with Crippen molar-refractivity contribution in [1.29, 1.82) is 0 Å². The van der Waals surface area contributed by atoms with Crippen LogP contribution < -0.4 is 11.2 Å².